The van der Waals surface area contributed by atoms with Gasteiger partial charge >= 0.3 is 0 Å². The first-order valence-electron chi connectivity index (χ1n) is 5.55. The Hall–Kier alpha value is -0.840. The van der Waals surface area contributed by atoms with Crippen LogP contribution in [0.3, 0.4) is 0 Å². The maximum absolute atomic E-state index is 5.96. The molecule has 0 fully saturated rings. The van der Waals surface area contributed by atoms with Gasteiger partial charge in [-0.05, 0) is 25.3 Å². The number of hydrogen-bond acceptors (Lipinski definition) is 3. The van der Waals surface area contributed by atoms with E-state index < -0.39 is 0 Å². The number of nitrogens with zero attached hydrogens (tertiary/aromatic N) is 2. The standard InChI is InChI=1S/C12H9ClN2S2/c13-11-4-7(6-16-11)8-5-15-9-2-1-3-10(9)17-12(15)14-8/h4-6H,1-3H2. The van der Waals surface area contributed by atoms with Crippen LogP contribution in [0.25, 0.3) is 16.2 Å². The van der Waals surface area contributed by atoms with Gasteiger partial charge in [0.15, 0.2) is 4.96 Å². The summed E-state index contributed by atoms with van der Waals surface area (Å²) in [6.45, 7) is 0. The smallest absolute Gasteiger partial charge is 0.194 e. The summed E-state index contributed by atoms with van der Waals surface area (Å²) in [5.41, 5.74) is 3.63. The molecule has 1 aliphatic carbocycles. The van der Waals surface area contributed by atoms with E-state index in [2.05, 4.69) is 21.0 Å². The molecule has 0 saturated carbocycles. The van der Waals surface area contributed by atoms with E-state index in [9.17, 15) is 0 Å². The predicted molar refractivity (Wildman–Crippen MR) is 73.4 cm³/mol. The maximum atomic E-state index is 5.96. The zero-order valence-electron chi connectivity index (χ0n) is 8.94. The quantitative estimate of drug-likeness (QED) is 0.651. The van der Waals surface area contributed by atoms with Crippen molar-refractivity contribution >= 4 is 39.2 Å². The molecule has 0 N–H and O–H groups in total. The maximum Gasteiger partial charge on any atom is 0.194 e. The summed E-state index contributed by atoms with van der Waals surface area (Å²) in [5, 5.41) is 2.06. The van der Waals surface area contributed by atoms with Crippen LogP contribution in [0, 0.1) is 0 Å². The topological polar surface area (TPSA) is 17.3 Å². The highest BCUT2D eigenvalue weighted by atomic mass is 35.5. The van der Waals surface area contributed by atoms with Crippen LogP contribution >= 0.6 is 34.3 Å². The average Bonchev–Trinajstić information content (AvgIpc) is 2.95. The summed E-state index contributed by atoms with van der Waals surface area (Å²) < 4.78 is 3.08. The molecule has 0 spiro atoms. The monoisotopic (exact) mass is 280 g/mol. The van der Waals surface area contributed by atoms with Crippen molar-refractivity contribution in [2.45, 2.75) is 19.3 Å². The van der Waals surface area contributed by atoms with E-state index in [-0.39, 0.29) is 0 Å². The number of rotatable bonds is 1. The minimum Gasteiger partial charge on any atom is -0.294 e. The van der Waals surface area contributed by atoms with Crippen LogP contribution in [-0.4, -0.2) is 9.38 Å². The highest BCUT2D eigenvalue weighted by Crippen LogP contribution is 2.34. The lowest BCUT2D eigenvalue weighted by Gasteiger charge is -1.90. The Labute approximate surface area is 111 Å². The Morgan fingerprint density at radius 2 is 2.29 bits per heavy atom. The Kier molecular flexibility index (Phi) is 2.13. The number of aryl methyl sites for hydroxylation is 2. The van der Waals surface area contributed by atoms with Gasteiger partial charge in [0.05, 0.1) is 10.0 Å². The number of hydrogen-bond donors (Lipinski definition) is 0. The molecule has 0 saturated heterocycles. The fourth-order valence-electron chi connectivity index (χ4n) is 2.39. The van der Waals surface area contributed by atoms with Crippen LogP contribution in [0.2, 0.25) is 4.34 Å². The molecule has 17 heavy (non-hydrogen) atoms. The third kappa shape index (κ3) is 1.48. The fraction of sp³-hybridized carbons (Fsp3) is 0.250. The molecule has 0 amide bonds. The number of thiazole rings is 1. The van der Waals surface area contributed by atoms with Crippen molar-refractivity contribution in [3.63, 3.8) is 0 Å². The van der Waals surface area contributed by atoms with Crippen molar-refractivity contribution in [2.24, 2.45) is 0 Å². The first kappa shape index (κ1) is 10.1. The molecule has 2 nitrogen and oxygen atoms in total. The normalized spacial score (nSPS) is 14.6. The van der Waals surface area contributed by atoms with Crippen LogP contribution in [0.4, 0.5) is 0 Å². The van der Waals surface area contributed by atoms with Gasteiger partial charge in [-0.25, -0.2) is 4.98 Å². The summed E-state index contributed by atoms with van der Waals surface area (Å²) in [6, 6.07) is 1.99. The zero-order valence-corrected chi connectivity index (χ0v) is 11.3. The third-order valence-electron chi connectivity index (χ3n) is 3.18. The molecule has 3 aromatic rings. The van der Waals surface area contributed by atoms with Gasteiger partial charge in [-0.2, -0.15) is 0 Å². The molecule has 1 aliphatic rings. The molecule has 3 heterocycles. The summed E-state index contributed by atoms with van der Waals surface area (Å²) >= 11 is 9.35. The van der Waals surface area contributed by atoms with E-state index in [0.29, 0.717) is 0 Å². The second-order valence-corrected chi connectivity index (χ2v) is 6.85. The van der Waals surface area contributed by atoms with Crippen molar-refractivity contribution in [1.29, 1.82) is 0 Å². The lowest BCUT2D eigenvalue weighted by molar-refractivity contribution is 0.888. The minimum absolute atomic E-state index is 0.821. The van der Waals surface area contributed by atoms with Crippen LogP contribution in [0.5, 0.6) is 0 Å². The summed E-state index contributed by atoms with van der Waals surface area (Å²) in [4.78, 5) is 7.32. The molecule has 4 rings (SSSR count). The molecule has 0 radical (unpaired) electrons. The molecule has 3 aromatic heterocycles. The Balaban J connectivity index is 1.90. The van der Waals surface area contributed by atoms with Gasteiger partial charge in [0.25, 0.3) is 0 Å². The van der Waals surface area contributed by atoms with Gasteiger partial charge in [0.2, 0.25) is 0 Å². The predicted octanol–water partition coefficient (Wildman–Crippen LogP) is 4.27. The Morgan fingerprint density at radius 3 is 3.12 bits per heavy atom. The lowest BCUT2D eigenvalue weighted by atomic mass is 10.3. The highest BCUT2D eigenvalue weighted by Gasteiger charge is 2.19. The molecule has 0 unspecified atom stereocenters. The van der Waals surface area contributed by atoms with Crippen molar-refractivity contribution < 1.29 is 0 Å². The summed E-state index contributed by atoms with van der Waals surface area (Å²) in [7, 11) is 0. The van der Waals surface area contributed by atoms with Gasteiger partial charge in [-0.3, -0.25) is 4.40 Å². The molecular formula is C12H9ClN2S2. The number of fused-ring (bicyclic) bond motifs is 3. The average molecular weight is 281 g/mol. The number of halogens is 1. The molecular weight excluding hydrogens is 272 g/mol. The fourth-order valence-corrected chi connectivity index (χ4v) is 4.45. The van der Waals surface area contributed by atoms with Gasteiger partial charge in [-0.15, -0.1) is 22.7 Å². The zero-order chi connectivity index (χ0) is 11.4. The van der Waals surface area contributed by atoms with E-state index in [1.165, 1.54) is 29.8 Å². The van der Waals surface area contributed by atoms with Crippen LogP contribution in [0.15, 0.2) is 17.6 Å². The van der Waals surface area contributed by atoms with E-state index in [1.54, 1.807) is 11.3 Å². The minimum atomic E-state index is 0.821. The second-order valence-electron chi connectivity index (χ2n) is 4.24. The van der Waals surface area contributed by atoms with Gasteiger partial charge < -0.3 is 0 Å². The van der Waals surface area contributed by atoms with E-state index >= 15 is 0 Å². The highest BCUT2D eigenvalue weighted by molar-refractivity contribution is 7.17. The van der Waals surface area contributed by atoms with E-state index in [0.717, 1.165) is 20.6 Å². The van der Waals surface area contributed by atoms with Gasteiger partial charge in [0, 0.05) is 27.7 Å². The molecule has 0 aromatic carbocycles. The number of imidazole rings is 1. The van der Waals surface area contributed by atoms with Gasteiger partial charge in [0.1, 0.15) is 0 Å². The summed E-state index contributed by atoms with van der Waals surface area (Å²) in [5.74, 6) is 0. The third-order valence-corrected chi connectivity index (χ3v) is 5.43. The van der Waals surface area contributed by atoms with E-state index in [4.69, 9.17) is 11.6 Å². The molecule has 0 atom stereocenters. The Morgan fingerprint density at radius 1 is 1.35 bits per heavy atom. The Bertz CT molecular complexity index is 707. The molecule has 0 aliphatic heterocycles. The molecule has 86 valence electrons. The van der Waals surface area contributed by atoms with Crippen molar-refractivity contribution in [1.82, 2.24) is 9.38 Å². The molecule has 5 heteroatoms. The summed E-state index contributed by atoms with van der Waals surface area (Å²) in [6.07, 6.45) is 5.85. The van der Waals surface area contributed by atoms with Crippen LogP contribution in [-0.2, 0) is 12.8 Å². The lowest BCUT2D eigenvalue weighted by Crippen LogP contribution is -1.84. The first-order valence-corrected chi connectivity index (χ1v) is 7.63. The van der Waals surface area contributed by atoms with Crippen molar-refractivity contribution in [3.8, 4) is 11.3 Å². The van der Waals surface area contributed by atoms with Crippen LogP contribution < -0.4 is 0 Å². The number of thiophene rings is 1. The van der Waals surface area contributed by atoms with Crippen molar-refractivity contribution in [2.75, 3.05) is 0 Å². The SMILES string of the molecule is Clc1cc(-c2cn3c4c(sc3n2)CCC4)cs1. The second kappa shape index (κ2) is 3.57. The first-order chi connectivity index (χ1) is 8.31. The van der Waals surface area contributed by atoms with E-state index in [1.807, 2.05) is 17.4 Å². The van der Waals surface area contributed by atoms with Crippen LogP contribution in [0.1, 0.15) is 17.0 Å². The van der Waals surface area contributed by atoms with Gasteiger partial charge in [-0.1, -0.05) is 11.6 Å². The van der Waals surface area contributed by atoms with Crippen molar-refractivity contribution in [3.05, 3.63) is 32.6 Å². The number of aromatic nitrogens is 2. The molecule has 0 bridgehead atoms. The largest absolute Gasteiger partial charge is 0.294 e.